The van der Waals surface area contributed by atoms with Crippen LogP contribution in [0.1, 0.15) is 12.5 Å². The Labute approximate surface area is 109 Å². The Kier molecular flexibility index (Phi) is 5.05. The van der Waals surface area contributed by atoms with Crippen LogP contribution in [0, 0.1) is 0 Å². The average molecular weight is 278 g/mol. The highest BCUT2D eigenvalue weighted by Gasteiger charge is 2.19. The van der Waals surface area contributed by atoms with Gasteiger partial charge in [0.1, 0.15) is 0 Å². The van der Waals surface area contributed by atoms with E-state index in [2.05, 4.69) is 5.32 Å². The zero-order chi connectivity index (χ0) is 13.0. The fourth-order valence-electron chi connectivity index (χ4n) is 1.40. The number of benzene rings is 1. The quantitative estimate of drug-likeness (QED) is 0.792. The fraction of sp³-hybridized carbons (Fsp3) is 0.364. The van der Waals surface area contributed by atoms with Crippen molar-refractivity contribution in [3.05, 3.63) is 33.8 Å². The Morgan fingerprint density at radius 1 is 1.41 bits per heavy atom. The van der Waals surface area contributed by atoms with Gasteiger partial charge in [-0.05, 0) is 24.6 Å². The van der Waals surface area contributed by atoms with E-state index in [0.717, 1.165) is 0 Å². The van der Waals surface area contributed by atoms with E-state index in [4.69, 9.17) is 28.3 Å². The van der Waals surface area contributed by atoms with Crippen LogP contribution in [-0.4, -0.2) is 28.5 Å². The number of rotatable bonds is 4. The van der Waals surface area contributed by atoms with Crippen LogP contribution in [0.25, 0.3) is 0 Å². The van der Waals surface area contributed by atoms with Crippen LogP contribution in [0.4, 0.5) is 4.79 Å². The first kappa shape index (κ1) is 14.1. The maximum Gasteiger partial charge on any atom is 0.404 e. The van der Waals surface area contributed by atoms with Crippen molar-refractivity contribution in [1.82, 2.24) is 5.32 Å². The molecule has 2 unspecified atom stereocenters. The summed E-state index contributed by atoms with van der Waals surface area (Å²) < 4.78 is 0. The van der Waals surface area contributed by atoms with E-state index in [1.165, 1.54) is 0 Å². The molecule has 1 amide bonds. The minimum Gasteiger partial charge on any atom is -0.465 e. The SMILES string of the molecule is CC(NC(=O)O)C(O)Cc1c(Cl)cccc1Cl. The summed E-state index contributed by atoms with van der Waals surface area (Å²) in [6.07, 6.45) is -1.87. The monoisotopic (exact) mass is 277 g/mol. The van der Waals surface area contributed by atoms with Crippen LogP contribution >= 0.6 is 23.2 Å². The molecule has 4 nitrogen and oxygen atoms in total. The molecule has 1 rings (SSSR count). The van der Waals surface area contributed by atoms with E-state index in [1.807, 2.05) is 0 Å². The van der Waals surface area contributed by atoms with Gasteiger partial charge in [0.05, 0.1) is 12.1 Å². The maximum absolute atomic E-state index is 10.4. The largest absolute Gasteiger partial charge is 0.465 e. The Balaban J connectivity index is 2.74. The number of hydrogen-bond donors (Lipinski definition) is 3. The molecule has 0 fully saturated rings. The summed E-state index contributed by atoms with van der Waals surface area (Å²) in [6, 6.07) is 4.45. The number of halogens is 2. The summed E-state index contributed by atoms with van der Waals surface area (Å²) in [6.45, 7) is 1.57. The Bertz CT molecular complexity index is 391. The van der Waals surface area contributed by atoms with Gasteiger partial charge in [-0.3, -0.25) is 0 Å². The summed E-state index contributed by atoms with van der Waals surface area (Å²) in [5, 5.41) is 21.5. The van der Waals surface area contributed by atoms with Crippen LogP contribution < -0.4 is 5.32 Å². The Morgan fingerprint density at radius 3 is 2.41 bits per heavy atom. The van der Waals surface area contributed by atoms with E-state index in [-0.39, 0.29) is 6.42 Å². The first-order chi connectivity index (χ1) is 7.91. The lowest BCUT2D eigenvalue weighted by molar-refractivity contribution is 0.126. The third kappa shape index (κ3) is 4.07. The third-order valence-electron chi connectivity index (χ3n) is 2.40. The molecule has 0 saturated carbocycles. The summed E-state index contributed by atoms with van der Waals surface area (Å²) in [5.74, 6) is 0. The molecule has 94 valence electrons. The summed E-state index contributed by atoms with van der Waals surface area (Å²) in [5.41, 5.74) is 0.613. The summed E-state index contributed by atoms with van der Waals surface area (Å²) in [4.78, 5) is 10.4. The van der Waals surface area contributed by atoms with Gasteiger partial charge in [-0.15, -0.1) is 0 Å². The molecule has 0 aliphatic carbocycles. The molecule has 0 spiro atoms. The maximum atomic E-state index is 10.4. The number of carbonyl (C=O) groups is 1. The minimum absolute atomic E-state index is 0.194. The lowest BCUT2D eigenvalue weighted by atomic mass is 10.0. The van der Waals surface area contributed by atoms with Crippen molar-refractivity contribution in [2.75, 3.05) is 0 Å². The van der Waals surface area contributed by atoms with Crippen molar-refractivity contribution >= 4 is 29.3 Å². The molecule has 17 heavy (non-hydrogen) atoms. The van der Waals surface area contributed by atoms with Crippen molar-refractivity contribution in [3.63, 3.8) is 0 Å². The van der Waals surface area contributed by atoms with Gasteiger partial charge < -0.3 is 15.5 Å². The highest BCUT2D eigenvalue weighted by molar-refractivity contribution is 6.35. The standard InChI is InChI=1S/C11H13Cl2NO3/c1-6(14-11(16)17)10(15)5-7-8(12)3-2-4-9(7)13/h2-4,6,10,14-15H,5H2,1H3,(H,16,17). The Hall–Kier alpha value is -0.970. The number of carboxylic acid groups (broad SMARTS) is 1. The number of nitrogens with one attached hydrogen (secondary N) is 1. The van der Waals surface area contributed by atoms with Crippen LogP contribution in [0.5, 0.6) is 0 Å². The van der Waals surface area contributed by atoms with Crippen LogP contribution in [0.3, 0.4) is 0 Å². The smallest absolute Gasteiger partial charge is 0.404 e. The zero-order valence-electron chi connectivity index (χ0n) is 9.15. The molecule has 2 atom stereocenters. The molecule has 0 aliphatic rings. The number of hydrogen-bond acceptors (Lipinski definition) is 2. The molecule has 3 N–H and O–H groups in total. The highest BCUT2D eigenvalue weighted by atomic mass is 35.5. The van der Waals surface area contributed by atoms with Gasteiger partial charge in [0, 0.05) is 16.5 Å². The number of aliphatic hydroxyl groups excluding tert-OH is 1. The van der Waals surface area contributed by atoms with Crippen molar-refractivity contribution in [2.24, 2.45) is 0 Å². The van der Waals surface area contributed by atoms with Crippen molar-refractivity contribution < 1.29 is 15.0 Å². The Morgan fingerprint density at radius 2 is 1.94 bits per heavy atom. The lowest BCUT2D eigenvalue weighted by Crippen LogP contribution is -2.41. The molecule has 1 aromatic carbocycles. The van der Waals surface area contributed by atoms with Gasteiger partial charge in [0.15, 0.2) is 0 Å². The summed E-state index contributed by atoms with van der Waals surface area (Å²) >= 11 is 11.9. The fourth-order valence-corrected chi connectivity index (χ4v) is 1.96. The van der Waals surface area contributed by atoms with Crippen molar-refractivity contribution in [3.8, 4) is 0 Å². The van der Waals surface area contributed by atoms with Gasteiger partial charge in [-0.1, -0.05) is 29.3 Å². The minimum atomic E-state index is -1.18. The summed E-state index contributed by atoms with van der Waals surface area (Å²) in [7, 11) is 0. The lowest BCUT2D eigenvalue weighted by Gasteiger charge is -2.19. The van der Waals surface area contributed by atoms with Gasteiger partial charge in [0.2, 0.25) is 0 Å². The molecule has 0 aliphatic heterocycles. The van der Waals surface area contributed by atoms with Crippen molar-refractivity contribution in [1.29, 1.82) is 0 Å². The average Bonchev–Trinajstić information content (AvgIpc) is 2.22. The van der Waals surface area contributed by atoms with Gasteiger partial charge in [0.25, 0.3) is 0 Å². The predicted molar refractivity (Wildman–Crippen MR) is 66.8 cm³/mol. The molecule has 0 saturated heterocycles. The van der Waals surface area contributed by atoms with Crippen LogP contribution in [0.15, 0.2) is 18.2 Å². The van der Waals surface area contributed by atoms with E-state index >= 15 is 0 Å². The molecule has 0 bridgehead atoms. The first-order valence-corrected chi connectivity index (χ1v) is 5.78. The predicted octanol–water partition coefficient (Wildman–Crippen LogP) is 2.55. The van der Waals surface area contributed by atoms with E-state index in [9.17, 15) is 9.90 Å². The van der Waals surface area contributed by atoms with Gasteiger partial charge in [-0.2, -0.15) is 0 Å². The van der Waals surface area contributed by atoms with E-state index in [1.54, 1.807) is 25.1 Å². The highest BCUT2D eigenvalue weighted by Crippen LogP contribution is 2.25. The third-order valence-corrected chi connectivity index (χ3v) is 3.11. The molecule has 0 radical (unpaired) electrons. The van der Waals surface area contributed by atoms with Crippen LogP contribution in [0.2, 0.25) is 10.0 Å². The topological polar surface area (TPSA) is 69.6 Å². The number of amides is 1. The second-order valence-corrected chi connectivity index (χ2v) is 4.52. The number of aliphatic hydroxyl groups is 1. The molecule has 1 aromatic rings. The van der Waals surface area contributed by atoms with Gasteiger partial charge >= 0.3 is 6.09 Å². The van der Waals surface area contributed by atoms with Gasteiger partial charge in [-0.25, -0.2) is 4.79 Å². The molecule has 0 heterocycles. The van der Waals surface area contributed by atoms with Crippen molar-refractivity contribution in [2.45, 2.75) is 25.5 Å². The first-order valence-electron chi connectivity index (χ1n) is 5.02. The molecule has 6 heteroatoms. The van der Waals surface area contributed by atoms with Crippen LogP contribution in [-0.2, 0) is 6.42 Å². The normalized spacial score (nSPS) is 14.1. The zero-order valence-corrected chi connectivity index (χ0v) is 10.7. The molecular formula is C11H13Cl2NO3. The second-order valence-electron chi connectivity index (χ2n) is 3.71. The van der Waals surface area contributed by atoms with E-state index < -0.39 is 18.2 Å². The molecular weight excluding hydrogens is 265 g/mol. The van der Waals surface area contributed by atoms with E-state index in [0.29, 0.717) is 15.6 Å². The second kappa shape index (κ2) is 6.10. The molecule has 0 aromatic heterocycles.